The molecule has 8 nitrogen and oxygen atoms in total. The number of rotatable bonds is 8. The molecule has 2 aliphatic rings. The van der Waals surface area contributed by atoms with E-state index in [1.54, 1.807) is 0 Å². The SMILES string of the molecule is C=C1c2cccc(CN(N)C(N)=NC3CCCCC3)c2CN1C(CCC(N)=O)C(C)=O. The molecule has 0 aromatic heterocycles. The molecule has 1 atom stereocenters. The Kier molecular flexibility index (Phi) is 7.33. The lowest BCUT2D eigenvalue weighted by atomic mass is 9.96. The fourth-order valence-corrected chi connectivity index (χ4v) is 4.55. The fraction of sp³-hybridized carbons (Fsp3) is 0.522. The Morgan fingerprint density at radius 2 is 1.97 bits per heavy atom. The van der Waals surface area contributed by atoms with Gasteiger partial charge in [-0.2, -0.15) is 0 Å². The normalized spacial score (nSPS) is 18.1. The molecule has 1 aliphatic heterocycles. The van der Waals surface area contributed by atoms with Crippen LogP contribution in [0.4, 0.5) is 0 Å². The van der Waals surface area contributed by atoms with E-state index in [1.165, 1.54) is 31.2 Å². The number of carbonyl (C=O) groups is 2. The molecule has 0 bridgehead atoms. The van der Waals surface area contributed by atoms with Gasteiger partial charge in [0.05, 0.1) is 18.6 Å². The molecule has 3 rings (SSSR count). The average molecular weight is 427 g/mol. The second-order valence-corrected chi connectivity index (χ2v) is 8.56. The second kappa shape index (κ2) is 9.96. The van der Waals surface area contributed by atoms with Crippen molar-refractivity contribution in [2.24, 2.45) is 22.3 Å². The number of nitrogens with zero attached hydrogens (tertiary/aromatic N) is 3. The zero-order valence-electron chi connectivity index (χ0n) is 18.3. The number of Topliss-reactive ketones (excluding diaryl/α,β-unsaturated/α-hetero) is 1. The minimum absolute atomic E-state index is 0.0129. The highest BCUT2D eigenvalue weighted by atomic mass is 16.1. The van der Waals surface area contributed by atoms with Crippen LogP contribution in [0.5, 0.6) is 0 Å². The van der Waals surface area contributed by atoms with Crippen LogP contribution in [0.2, 0.25) is 0 Å². The van der Waals surface area contributed by atoms with Gasteiger partial charge in [-0.05, 0) is 37.3 Å². The number of hydrogen-bond donors (Lipinski definition) is 3. The molecule has 0 radical (unpaired) electrons. The first-order chi connectivity index (χ1) is 14.8. The summed E-state index contributed by atoms with van der Waals surface area (Å²) in [5, 5.41) is 1.49. The van der Waals surface area contributed by atoms with E-state index in [9.17, 15) is 9.59 Å². The molecule has 1 unspecified atom stereocenters. The van der Waals surface area contributed by atoms with Crippen LogP contribution >= 0.6 is 0 Å². The van der Waals surface area contributed by atoms with Crippen molar-refractivity contribution in [3.05, 3.63) is 41.5 Å². The van der Waals surface area contributed by atoms with Gasteiger partial charge in [0, 0.05) is 24.2 Å². The zero-order valence-corrected chi connectivity index (χ0v) is 18.3. The smallest absolute Gasteiger partial charge is 0.217 e. The third kappa shape index (κ3) is 5.44. The minimum Gasteiger partial charge on any atom is -0.370 e. The summed E-state index contributed by atoms with van der Waals surface area (Å²) >= 11 is 0. The van der Waals surface area contributed by atoms with Crippen molar-refractivity contribution < 1.29 is 9.59 Å². The first kappa shape index (κ1) is 22.8. The zero-order chi connectivity index (χ0) is 22.5. The van der Waals surface area contributed by atoms with Crippen molar-refractivity contribution in [2.75, 3.05) is 0 Å². The summed E-state index contributed by atoms with van der Waals surface area (Å²) < 4.78 is 0. The molecule has 1 fully saturated rings. The predicted molar refractivity (Wildman–Crippen MR) is 122 cm³/mol. The number of benzene rings is 1. The van der Waals surface area contributed by atoms with E-state index in [0.717, 1.165) is 35.2 Å². The van der Waals surface area contributed by atoms with Crippen molar-refractivity contribution in [1.82, 2.24) is 9.91 Å². The van der Waals surface area contributed by atoms with Crippen LogP contribution < -0.4 is 17.3 Å². The minimum atomic E-state index is -0.438. The maximum Gasteiger partial charge on any atom is 0.217 e. The number of primary amides is 1. The van der Waals surface area contributed by atoms with Gasteiger partial charge < -0.3 is 16.4 Å². The summed E-state index contributed by atoms with van der Waals surface area (Å²) in [4.78, 5) is 30.1. The number of guanidine groups is 1. The average Bonchev–Trinajstić information content (AvgIpc) is 3.06. The summed E-state index contributed by atoms with van der Waals surface area (Å²) in [5.41, 5.74) is 15.3. The first-order valence-electron chi connectivity index (χ1n) is 11.0. The van der Waals surface area contributed by atoms with Gasteiger partial charge in [0.1, 0.15) is 0 Å². The van der Waals surface area contributed by atoms with E-state index in [-0.39, 0.29) is 18.2 Å². The van der Waals surface area contributed by atoms with Crippen LogP contribution in [0.1, 0.15) is 68.6 Å². The largest absolute Gasteiger partial charge is 0.370 e. The molecule has 0 saturated heterocycles. The summed E-state index contributed by atoms with van der Waals surface area (Å²) in [5.74, 6) is 6.17. The third-order valence-corrected chi connectivity index (χ3v) is 6.29. The number of aliphatic imine (C=N–C) groups is 1. The highest BCUT2D eigenvalue weighted by Gasteiger charge is 2.32. The number of hydrazine groups is 1. The van der Waals surface area contributed by atoms with Crippen LogP contribution in [0.15, 0.2) is 29.8 Å². The maximum atomic E-state index is 12.3. The quantitative estimate of drug-likeness (QED) is 0.252. The molecule has 1 heterocycles. The summed E-state index contributed by atoms with van der Waals surface area (Å²) in [6.07, 6.45) is 6.27. The Morgan fingerprint density at radius 3 is 2.61 bits per heavy atom. The van der Waals surface area contributed by atoms with E-state index in [0.29, 0.717) is 25.5 Å². The van der Waals surface area contributed by atoms with Crippen molar-refractivity contribution in [3.63, 3.8) is 0 Å². The van der Waals surface area contributed by atoms with E-state index >= 15 is 0 Å². The molecule has 0 spiro atoms. The van der Waals surface area contributed by atoms with Crippen LogP contribution in [0.3, 0.4) is 0 Å². The van der Waals surface area contributed by atoms with Crippen molar-refractivity contribution in [3.8, 4) is 0 Å². The number of amides is 1. The van der Waals surface area contributed by atoms with Gasteiger partial charge in [-0.15, -0.1) is 0 Å². The molecule has 1 amide bonds. The lowest BCUT2D eigenvalue weighted by molar-refractivity contribution is -0.122. The van der Waals surface area contributed by atoms with Crippen LogP contribution in [-0.4, -0.2) is 39.6 Å². The van der Waals surface area contributed by atoms with Crippen LogP contribution in [-0.2, 0) is 22.7 Å². The lowest BCUT2D eigenvalue weighted by Crippen LogP contribution is -2.43. The molecular weight excluding hydrogens is 392 g/mol. The molecule has 1 aromatic carbocycles. The molecule has 8 heteroatoms. The Morgan fingerprint density at radius 1 is 1.26 bits per heavy atom. The molecule has 6 N–H and O–H groups in total. The van der Waals surface area contributed by atoms with Gasteiger partial charge >= 0.3 is 0 Å². The molecule has 168 valence electrons. The van der Waals surface area contributed by atoms with Gasteiger partial charge in [0.15, 0.2) is 5.78 Å². The maximum absolute atomic E-state index is 12.3. The number of nitrogens with two attached hydrogens (primary N) is 3. The monoisotopic (exact) mass is 426 g/mol. The Hall–Kier alpha value is -2.87. The Balaban J connectivity index is 1.75. The number of carbonyl (C=O) groups excluding carboxylic acids is 2. The van der Waals surface area contributed by atoms with E-state index < -0.39 is 11.9 Å². The lowest BCUT2D eigenvalue weighted by Gasteiger charge is -2.28. The Bertz CT molecular complexity index is 875. The van der Waals surface area contributed by atoms with Crippen LogP contribution in [0, 0.1) is 0 Å². The summed E-state index contributed by atoms with van der Waals surface area (Å²) in [6, 6.07) is 5.77. The number of fused-ring (bicyclic) bond motifs is 1. The van der Waals surface area contributed by atoms with E-state index in [4.69, 9.17) is 17.3 Å². The second-order valence-electron chi connectivity index (χ2n) is 8.56. The van der Waals surface area contributed by atoms with Crippen molar-refractivity contribution >= 4 is 23.3 Å². The molecule has 1 aromatic rings. The van der Waals surface area contributed by atoms with Crippen LogP contribution in [0.25, 0.3) is 5.70 Å². The van der Waals surface area contributed by atoms with Crippen molar-refractivity contribution in [1.29, 1.82) is 0 Å². The van der Waals surface area contributed by atoms with Gasteiger partial charge in [-0.25, -0.2) is 10.8 Å². The predicted octanol–water partition coefficient (Wildman–Crippen LogP) is 2.02. The highest BCUT2D eigenvalue weighted by molar-refractivity contribution is 5.85. The van der Waals surface area contributed by atoms with Gasteiger partial charge in [0.25, 0.3) is 0 Å². The molecule has 1 saturated carbocycles. The van der Waals surface area contributed by atoms with Crippen molar-refractivity contribution in [2.45, 2.75) is 77.0 Å². The first-order valence-corrected chi connectivity index (χ1v) is 11.0. The summed E-state index contributed by atoms with van der Waals surface area (Å²) in [7, 11) is 0. The number of hydrogen-bond acceptors (Lipinski definition) is 5. The van der Waals surface area contributed by atoms with E-state index in [1.807, 2.05) is 23.1 Å². The third-order valence-electron chi connectivity index (χ3n) is 6.29. The Labute approximate surface area is 184 Å². The molecular formula is C23H34N6O2. The van der Waals surface area contributed by atoms with Gasteiger partial charge in [0.2, 0.25) is 11.9 Å². The molecule has 31 heavy (non-hydrogen) atoms. The van der Waals surface area contributed by atoms with Gasteiger partial charge in [-0.3, -0.25) is 14.6 Å². The molecule has 1 aliphatic carbocycles. The number of ketones is 1. The topological polar surface area (TPSA) is 131 Å². The standard InChI is InChI=1S/C23H34N6O2/c1-15-19-10-6-7-17(13-29(26)23(25)27-18-8-4-3-5-9-18)20(19)14-28(15)21(16(2)30)11-12-22(24)31/h6-7,10,18,21H,1,3-5,8-9,11-14,26H2,2H3,(H2,24,31)(H2,25,27). The fourth-order valence-electron chi connectivity index (χ4n) is 4.55. The van der Waals surface area contributed by atoms with E-state index in [2.05, 4.69) is 11.6 Å². The van der Waals surface area contributed by atoms with Gasteiger partial charge in [-0.1, -0.05) is 44.0 Å². The highest BCUT2D eigenvalue weighted by Crippen LogP contribution is 2.36. The summed E-state index contributed by atoms with van der Waals surface area (Å²) in [6.45, 7) is 6.68.